The number of carbonyl (C=O) groups is 1. The fourth-order valence-corrected chi connectivity index (χ4v) is 1.85. The molecule has 1 aromatic heterocycles. The molecule has 104 valence electrons. The molecule has 0 fully saturated rings. The van der Waals surface area contributed by atoms with Gasteiger partial charge < -0.3 is 10.2 Å². The zero-order valence-corrected chi connectivity index (χ0v) is 11.7. The lowest BCUT2D eigenvalue weighted by Crippen LogP contribution is -2.25. The van der Waals surface area contributed by atoms with Crippen molar-refractivity contribution in [3.63, 3.8) is 0 Å². The normalized spacial score (nSPS) is 10.1. The summed E-state index contributed by atoms with van der Waals surface area (Å²) in [6.45, 7) is 5.67. The van der Waals surface area contributed by atoms with E-state index >= 15 is 0 Å². The van der Waals surface area contributed by atoms with Gasteiger partial charge in [0.2, 0.25) is 5.95 Å². The van der Waals surface area contributed by atoms with E-state index < -0.39 is 0 Å². The van der Waals surface area contributed by atoms with E-state index in [0.29, 0.717) is 11.6 Å². The molecule has 2 aromatic rings. The molecular formula is C15H18N4O. The number of amides is 1. The number of aromatic nitrogens is 2. The maximum absolute atomic E-state index is 12.1. The van der Waals surface area contributed by atoms with E-state index in [9.17, 15) is 4.79 Å². The third-order valence-electron chi connectivity index (χ3n) is 2.95. The van der Waals surface area contributed by atoms with Crippen LogP contribution >= 0.6 is 0 Å². The molecule has 5 nitrogen and oxygen atoms in total. The van der Waals surface area contributed by atoms with Crippen molar-refractivity contribution in [3.05, 3.63) is 48.3 Å². The summed E-state index contributed by atoms with van der Waals surface area (Å²) in [6.07, 6.45) is 1.61. The maximum Gasteiger partial charge on any atom is 0.274 e. The van der Waals surface area contributed by atoms with Gasteiger partial charge in [0.15, 0.2) is 0 Å². The Balaban J connectivity index is 2.16. The van der Waals surface area contributed by atoms with E-state index in [1.807, 2.05) is 49.1 Å². The Kier molecular flexibility index (Phi) is 4.65. The van der Waals surface area contributed by atoms with E-state index in [-0.39, 0.29) is 5.91 Å². The minimum Gasteiger partial charge on any atom is -0.341 e. The highest BCUT2D eigenvalue weighted by atomic mass is 16.1. The van der Waals surface area contributed by atoms with Crippen LogP contribution in [-0.4, -0.2) is 29.0 Å². The maximum atomic E-state index is 12.1. The second-order valence-electron chi connectivity index (χ2n) is 4.23. The number of carbonyl (C=O) groups excluding carboxylic acids is 1. The van der Waals surface area contributed by atoms with Crippen LogP contribution in [0.15, 0.2) is 42.6 Å². The van der Waals surface area contributed by atoms with Gasteiger partial charge in [-0.1, -0.05) is 18.2 Å². The Morgan fingerprint density at radius 2 is 1.85 bits per heavy atom. The van der Waals surface area contributed by atoms with Gasteiger partial charge in [-0.2, -0.15) is 0 Å². The van der Waals surface area contributed by atoms with E-state index in [0.717, 1.165) is 18.8 Å². The fourth-order valence-electron chi connectivity index (χ4n) is 1.85. The van der Waals surface area contributed by atoms with Crippen LogP contribution in [0.3, 0.4) is 0 Å². The van der Waals surface area contributed by atoms with E-state index in [1.54, 1.807) is 12.3 Å². The number of nitrogens with one attached hydrogen (secondary N) is 1. The molecule has 2 rings (SSSR count). The Hall–Kier alpha value is -2.43. The van der Waals surface area contributed by atoms with Crippen LogP contribution in [0.2, 0.25) is 0 Å². The van der Waals surface area contributed by atoms with Crippen LogP contribution in [0, 0.1) is 0 Å². The van der Waals surface area contributed by atoms with Crippen molar-refractivity contribution in [2.45, 2.75) is 13.8 Å². The quantitative estimate of drug-likeness (QED) is 0.907. The number of hydrogen-bond donors (Lipinski definition) is 1. The standard InChI is InChI=1S/C15H18N4O/c1-3-19(4-2)15-16-11-10-13(18-15)14(20)17-12-8-6-5-7-9-12/h5-11H,3-4H2,1-2H3,(H,17,20). The van der Waals surface area contributed by atoms with Gasteiger partial charge >= 0.3 is 0 Å². The van der Waals surface area contributed by atoms with E-state index in [4.69, 9.17) is 0 Å². The Bertz CT molecular complexity index is 567. The first-order valence-corrected chi connectivity index (χ1v) is 6.69. The van der Waals surface area contributed by atoms with Crippen molar-refractivity contribution in [1.29, 1.82) is 0 Å². The summed E-state index contributed by atoms with van der Waals surface area (Å²) in [7, 11) is 0. The van der Waals surface area contributed by atoms with Crippen LogP contribution in [0.1, 0.15) is 24.3 Å². The lowest BCUT2D eigenvalue weighted by molar-refractivity contribution is 0.102. The van der Waals surface area contributed by atoms with Crippen molar-refractivity contribution in [2.24, 2.45) is 0 Å². The molecule has 1 amide bonds. The molecule has 0 atom stereocenters. The smallest absolute Gasteiger partial charge is 0.274 e. The number of nitrogens with zero attached hydrogens (tertiary/aromatic N) is 3. The molecule has 0 aliphatic heterocycles. The lowest BCUT2D eigenvalue weighted by Gasteiger charge is -2.18. The van der Waals surface area contributed by atoms with Gasteiger partial charge in [0.25, 0.3) is 5.91 Å². The molecular weight excluding hydrogens is 252 g/mol. The van der Waals surface area contributed by atoms with E-state index in [2.05, 4.69) is 15.3 Å². The second kappa shape index (κ2) is 6.65. The van der Waals surface area contributed by atoms with Gasteiger partial charge in [-0.25, -0.2) is 9.97 Å². The summed E-state index contributed by atoms with van der Waals surface area (Å²) in [5.74, 6) is 0.350. The zero-order valence-electron chi connectivity index (χ0n) is 11.7. The van der Waals surface area contributed by atoms with Crippen molar-refractivity contribution >= 4 is 17.5 Å². The third kappa shape index (κ3) is 3.32. The van der Waals surface area contributed by atoms with Crippen LogP contribution in [0.25, 0.3) is 0 Å². The number of rotatable bonds is 5. The molecule has 0 spiro atoms. The summed E-state index contributed by atoms with van der Waals surface area (Å²) < 4.78 is 0. The average Bonchev–Trinajstić information content (AvgIpc) is 2.50. The first-order chi connectivity index (χ1) is 9.74. The van der Waals surface area contributed by atoms with Crippen LogP contribution < -0.4 is 10.2 Å². The van der Waals surface area contributed by atoms with Gasteiger partial charge in [-0.05, 0) is 32.0 Å². The SMILES string of the molecule is CCN(CC)c1nccc(C(=O)Nc2ccccc2)n1. The Labute approximate surface area is 118 Å². The van der Waals surface area contributed by atoms with Crippen LogP contribution in [0.4, 0.5) is 11.6 Å². The minimum absolute atomic E-state index is 0.230. The predicted octanol–water partition coefficient (Wildman–Crippen LogP) is 2.58. The fraction of sp³-hybridized carbons (Fsp3) is 0.267. The molecule has 1 heterocycles. The van der Waals surface area contributed by atoms with Gasteiger partial charge in [-0.15, -0.1) is 0 Å². The van der Waals surface area contributed by atoms with Gasteiger partial charge in [0.05, 0.1) is 0 Å². The Morgan fingerprint density at radius 1 is 1.15 bits per heavy atom. The first kappa shape index (κ1) is 14.0. The summed E-state index contributed by atoms with van der Waals surface area (Å²) in [5.41, 5.74) is 1.12. The molecule has 1 N–H and O–H groups in total. The summed E-state index contributed by atoms with van der Waals surface area (Å²) in [5, 5.41) is 2.81. The largest absolute Gasteiger partial charge is 0.341 e. The van der Waals surface area contributed by atoms with Crippen LogP contribution in [0.5, 0.6) is 0 Å². The summed E-state index contributed by atoms with van der Waals surface area (Å²) in [6, 6.07) is 10.9. The number of anilines is 2. The molecule has 5 heteroatoms. The molecule has 0 saturated heterocycles. The summed E-state index contributed by atoms with van der Waals surface area (Å²) >= 11 is 0. The van der Waals surface area contributed by atoms with Crippen molar-refractivity contribution in [2.75, 3.05) is 23.3 Å². The molecule has 0 saturated carbocycles. The molecule has 1 aromatic carbocycles. The molecule has 0 aliphatic carbocycles. The first-order valence-electron chi connectivity index (χ1n) is 6.69. The highest BCUT2D eigenvalue weighted by molar-refractivity contribution is 6.02. The molecule has 20 heavy (non-hydrogen) atoms. The number of hydrogen-bond acceptors (Lipinski definition) is 4. The highest BCUT2D eigenvalue weighted by Crippen LogP contribution is 2.10. The van der Waals surface area contributed by atoms with Crippen molar-refractivity contribution in [1.82, 2.24) is 9.97 Å². The average molecular weight is 270 g/mol. The minimum atomic E-state index is -0.230. The predicted molar refractivity (Wildman–Crippen MR) is 80.0 cm³/mol. The highest BCUT2D eigenvalue weighted by Gasteiger charge is 2.11. The summed E-state index contributed by atoms with van der Waals surface area (Å²) in [4.78, 5) is 22.7. The molecule has 0 unspecified atom stereocenters. The number of para-hydroxylation sites is 1. The van der Waals surface area contributed by atoms with Crippen LogP contribution in [-0.2, 0) is 0 Å². The number of benzene rings is 1. The molecule has 0 radical (unpaired) electrons. The van der Waals surface area contributed by atoms with Gasteiger partial charge in [0, 0.05) is 25.0 Å². The molecule has 0 aliphatic rings. The Morgan fingerprint density at radius 3 is 2.50 bits per heavy atom. The molecule has 0 bridgehead atoms. The van der Waals surface area contributed by atoms with Gasteiger partial charge in [-0.3, -0.25) is 4.79 Å². The van der Waals surface area contributed by atoms with Crippen molar-refractivity contribution < 1.29 is 4.79 Å². The topological polar surface area (TPSA) is 58.1 Å². The third-order valence-corrected chi connectivity index (χ3v) is 2.95. The monoisotopic (exact) mass is 270 g/mol. The van der Waals surface area contributed by atoms with Gasteiger partial charge in [0.1, 0.15) is 5.69 Å². The van der Waals surface area contributed by atoms with E-state index in [1.165, 1.54) is 0 Å². The zero-order chi connectivity index (χ0) is 14.4. The van der Waals surface area contributed by atoms with Crippen molar-refractivity contribution in [3.8, 4) is 0 Å². The lowest BCUT2D eigenvalue weighted by atomic mass is 10.3. The second-order valence-corrected chi connectivity index (χ2v) is 4.23.